The molecule has 4 rings (SSSR count). The molecule has 164 valence electrons. The molecule has 0 fully saturated rings. The van der Waals surface area contributed by atoms with Gasteiger partial charge in [0.1, 0.15) is 5.82 Å². The van der Waals surface area contributed by atoms with Crippen molar-refractivity contribution in [2.45, 2.75) is 14.1 Å². The monoisotopic (exact) mass is 507 g/mol. The van der Waals surface area contributed by atoms with Crippen LogP contribution >= 0.6 is 22.9 Å². The summed E-state index contributed by atoms with van der Waals surface area (Å²) in [7, 11) is -7.32. The topological polar surface area (TPSA) is 81.2 Å². The first-order chi connectivity index (χ1) is 15.1. The summed E-state index contributed by atoms with van der Waals surface area (Å²) in [6.45, 7) is 0. The lowest BCUT2D eigenvalue weighted by atomic mass is 10.1. The molecule has 0 spiro atoms. The normalized spacial score (nSPS) is 12.1. The molecule has 10 heteroatoms. The van der Waals surface area contributed by atoms with Crippen LogP contribution in [0.4, 0.5) is 4.39 Å². The minimum atomic E-state index is -3.93. The lowest BCUT2D eigenvalue weighted by molar-refractivity contribution is 0.595. The third kappa shape index (κ3) is 4.47. The van der Waals surface area contributed by atoms with Gasteiger partial charge in [0.2, 0.25) is 14.2 Å². The Morgan fingerprint density at radius 3 is 1.88 bits per heavy atom. The average molecular weight is 508 g/mol. The van der Waals surface area contributed by atoms with Crippen molar-refractivity contribution in [2.75, 3.05) is 6.26 Å². The molecule has 0 unspecified atom stereocenters. The highest BCUT2D eigenvalue weighted by molar-refractivity contribution is 7.93. The lowest BCUT2D eigenvalue weighted by Gasteiger charge is -2.04. The highest BCUT2D eigenvalue weighted by atomic mass is 35.5. The van der Waals surface area contributed by atoms with Crippen molar-refractivity contribution in [1.82, 2.24) is 4.98 Å². The number of hydrogen-bond donors (Lipinski definition) is 0. The van der Waals surface area contributed by atoms with E-state index in [1.807, 2.05) is 0 Å². The van der Waals surface area contributed by atoms with E-state index in [1.54, 1.807) is 12.1 Å². The number of hydrogen-bond acceptors (Lipinski definition) is 6. The molecule has 0 aliphatic heterocycles. The second kappa shape index (κ2) is 8.40. The Bertz CT molecular complexity index is 1500. The van der Waals surface area contributed by atoms with Gasteiger partial charge in [-0.3, -0.25) is 0 Å². The van der Waals surface area contributed by atoms with Crippen molar-refractivity contribution in [2.24, 2.45) is 0 Å². The molecule has 3 aromatic carbocycles. The van der Waals surface area contributed by atoms with Gasteiger partial charge in [-0.15, -0.1) is 11.3 Å². The first kappa shape index (κ1) is 22.6. The van der Waals surface area contributed by atoms with E-state index in [4.69, 9.17) is 11.6 Å². The largest absolute Gasteiger partial charge is 0.233 e. The number of sulfone groups is 2. The molecule has 0 saturated heterocycles. The molecule has 0 N–H and O–H groups in total. The van der Waals surface area contributed by atoms with Crippen LogP contribution in [0.15, 0.2) is 86.9 Å². The molecular weight excluding hydrogens is 493 g/mol. The molecule has 32 heavy (non-hydrogen) atoms. The Hall–Kier alpha value is -2.59. The molecule has 0 saturated carbocycles. The van der Waals surface area contributed by atoms with Crippen LogP contribution in [0.3, 0.4) is 0 Å². The fourth-order valence-corrected chi connectivity index (χ4v) is 6.45. The summed E-state index contributed by atoms with van der Waals surface area (Å²) < 4.78 is 63.2. The van der Waals surface area contributed by atoms with Crippen LogP contribution in [-0.2, 0) is 19.7 Å². The number of benzene rings is 3. The second-order valence-electron chi connectivity index (χ2n) is 6.92. The number of thiazole rings is 1. The molecule has 0 amide bonds. The highest BCUT2D eigenvalue weighted by Crippen LogP contribution is 2.40. The van der Waals surface area contributed by atoms with Gasteiger partial charge in [0.05, 0.1) is 20.4 Å². The predicted octanol–water partition coefficient (Wildman–Crippen LogP) is 5.51. The van der Waals surface area contributed by atoms with Gasteiger partial charge in [-0.25, -0.2) is 26.2 Å². The Kier molecular flexibility index (Phi) is 5.93. The second-order valence-corrected chi connectivity index (χ2v) is 12.5. The van der Waals surface area contributed by atoms with E-state index in [9.17, 15) is 21.2 Å². The maximum atomic E-state index is 13.4. The van der Waals surface area contributed by atoms with Crippen LogP contribution in [0.25, 0.3) is 21.7 Å². The first-order valence-electron chi connectivity index (χ1n) is 9.13. The number of rotatable bonds is 5. The molecule has 0 aliphatic rings. The summed E-state index contributed by atoms with van der Waals surface area (Å²) in [5.41, 5.74) is 1.48. The number of aromatic nitrogens is 1. The predicted molar refractivity (Wildman–Crippen MR) is 123 cm³/mol. The number of nitrogens with zero attached hydrogens (tertiary/aromatic N) is 1. The van der Waals surface area contributed by atoms with E-state index in [-0.39, 0.29) is 14.1 Å². The zero-order valence-corrected chi connectivity index (χ0v) is 19.7. The van der Waals surface area contributed by atoms with Crippen LogP contribution in [0.2, 0.25) is 5.02 Å². The van der Waals surface area contributed by atoms with Crippen LogP contribution in [0, 0.1) is 5.82 Å². The highest BCUT2D eigenvalue weighted by Gasteiger charge is 2.26. The van der Waals surface area contributed by atoms with Crippen LogP contribution < -0.4 is 0 Å². The van der Waals surface area contributed by atoms with E-state index in [2.05, 4.69) is 4.98 Å². The number of halogens is 2. The van der Waals surface area contributed by atoms with Crippen molar-refractivity contribution in [3.63, 3.8) is 0 Å². The summed E-state index contributed by atoms with van der Waals surface area (Å²) in [5, 5.41) is 0.404. The standard InChI is InChI=1S/C22H15ClFNO4S3/c1-31(26,27)18-10-4-15(5-11-18)21-20(14-2-8-17(24)9-3-14)25-22(30-21)32(28,29)19-12-6-16(23)7-13-19/h2-13H,1H3. The Morgan fingerprint density at radius 2 is 1.31 bits per heavy atom. The molecule has 4 aromatic rings. The van der Waals surface area contributed by atoms with Gasteiger partial charge < -0.3 is 0 Å². The SMILES string of the molecule is CS(=O)(=O)c1ccc(-c2sc(S(=O)(=O)c3ccc(Cl)cc3)nc2-c2ccc(F)cc2)cc1. The summed E-state index contributed by atoms with van der Waals surface area (Å²) in [4.78, 5) is 5.09. The van der Waals surface area contributed by atoms with Crippen molar-refractivity contribution in [3.8, 4) is 21.7 Å². The van der Waals surface area contributed by atoms with E-state index in [1.165, 1.54) is 60.7 Å². The van der Waals surface area contributed by atoms with E-state index in [0.717, 1.165) is 17.6 Å². The fourth-order valence-electron chi connectivity index (χ4n) is 2.98. The molecule has 0 atom stereocenters. The van der Waals surface area contributed by atoms with Gasteiger partial charge in [0, 0.05) is 16.8 Å². The summed E-state index contributed by atoms with van der Waals surface area (Å²) in [5.74, 6) is -0.433. The maximum absolute atomic E-state index is 13.4. The van der Waals surface area contributed by atoms with Gasteiger partial charge in [0.25, 0.3) is 0 Å². The molecule has 5 nitrogen and oxygen atoms in total. The quantitative estimate of drug-likeness (QED) is 0.356. The van der Waals surface area contributed by atoms with E-state index >= 15 is 0 Å². The Morgan fingerprint density at radius 1 is 0.781 bits per heavy atom. The van der Waals surface area contributed by atoms with Crippen molar-refractivity contribution < 1.29 is 21.2 Å². The van der Waals surface area contributed by atoms with Crippen molar-refractivity contribution in [1.29, 1.82) is 0 Å². The van der Waals surface area contributed by atoms with Crippen LogP contribution in [0.1, 0.15) is 0 Å². The summed E-state index contributed by atoms with van der Waals surface area (Å²) in [6.07, 6.45) is 1.11. The van der Waals surface area contributed by atoms with Gasteiger partial charge in [-0.1, -0.05) is 23.7 Å². The van der Waals surface area contributed by atoms with Gasteiger partial charge >= 0.3 is 0 Å². The fraction of sp³-hybridized carbons (Fsp3) is 0.0455. The smallest absolute Gasteiger partial charge is 0.224 e. The van der Waals surface area contributed by atoms with E-state index < -0.39 is 25.5 Å². The van der Waals surface area contributed by atoms with Crippen molar-refractivity contribution in [3.05, 3.63) is 83.6 Å². The summed E-state index contributed by atoms with van der Waals surface area (Å²) in [6, 6.07) is 17.4. The molecule has 0 bridgehead atoms. The zero-order chi connectivity index (χ0) is 23.1. The Labute approximate surface area is 194 Å². The van der Waals surface area contributed by atoms with Gasteiger partial charge in [-0.05, 0) is 66.2 Å². The van der Waals surface area contributed by atoms with Crippen LogP contribution in [0.5, 0.6) is 0 Å². The summed E-state index contributed by atoms with van der Waals surface area (Å²) >= 11 is 6.83. The van der Waals surface area contributed by atoms with Gasteiger partial charge in [0.15, 0.2) is 9.84 Å². The molecular formula is C22H15ClFNO4S3. The third-order valence-corrected chi connectivity index (χ3v) is 9.26. The molecule has 1 heterocycles. The van der Waals surface area contributed by atoms with Crippen molar-refractivity contribution >= 4 is 42.6 Å². The zero-order valence-electron chi connectivity index (χ0n) is 16.5. The third-order valence-electron chi connectivity index (χ3n) is 4.62. The minimum absolute atomic E-state index is 0.0419. The lowest BCUT2D eigenvalue weighted by Crippen LogP contribution is -2.01. The van der Waals surface area contributed by atoms with E-state index in [0.29, 0.717) is 26.7 Å². The van der Waals surface area contributed by atoms with Gasteiger partial charge in [-0.2, -0.15) is 0 Å². The first-order valence-corrected chi connectivity index (χ1v) is 13.7. The molecule has 0 radical (unpaired) electrons. The minimum Gasteiger partial charge on any atom is -0.224 e. The van der Waals surface area contributed by atoms with Crippen LogP contribution in [-0.4, -0.2) is 28.1 Å². The molecule has 1 aromatic heterocycles. The average Bonchev–Trinajstić information content (AvgIpc) is 3.20. The molecule has 0 aliphatic carbocycles. The maximum Gasteiger partial charge on any atom is 0.233 e. The Balaban J connectivity index is 1.89.